The minimum absolute atomic E-state index is 0.0436. The summed E-state index contributed by atoms with van der Waals surface area (Å²) in [5.74, 6) is -5.10. The van der Waals surface area contributed by atoms with Crippen molar-refractivity contribution in [3.63, 3.8) is 0 Å². The maximum atomic E-state index is 12.6. The van der Waals surface area contributed by atoms with Gasteiger partial charge in [-0.05, 0) is 6.42 Å². The van der Waals surface area contributed by atoms with E-state index in [1.54, 1.807) is 0 Å². The summed E-state index contributed by atoms with van der Waals surface area (Å²) >= 11 is 0. The molecule has 0 aromatic rings. The molecule has 0 amide bonds. The normalized spacial score (nSPS) is 10.7. The molecule has 0 aromatic heterocycles. The summed E-state index contributed by atoms with van der Waals surface area (Å²) in [7, 11) is 0. The molecule has 0 aromatic carbocycles. The number of carbonyl (C=O) groups is 7. The molecule has 260 valence electrons. The van der Waals surface area contributed by atoms with Crippen LogP contribution in [0.25, 0.3) is 0 Å². The van der Waals surface area contributed by atoms with Gasteiger partial charge >= 0.3 is 35.8 Å². The van der Waals surface area contributed by atoms with Gasteiger partial charge in [-0.15, -0.1) is 0 Å². The maximum absolute atomic E-state index is 12.6. The fraction of sp³-hybridized carbons (Fsp3) is 0.485. The predicted octanol–water partition coefficient (Wildman–Crippen LogP) is 2.70. The third-order valence-electron chi connectivity index (χ3n) is 6.21. The molecule has 0 unspecified atom stereocenters. The minimum atomic E-state index is -1.54. The van der Waals surface area contributed by atoms with Gasteiger partial charge in [0.05, 0.1) is 30.5 Å². The number of esters is 6. The molecule has 0 fully saturated rings. The zero-order valence-electron chi connectivity index (χ0n) is 26.8. The zero-order chi connectivity index (χ0) is 35.7. The first-order valence-corrected chi connectivity index (χ1v) is 14.5. The highest BCUT2D eigenvalue weighted by Gasteiger charge is 2.40. The Kier molecular flexibility index (Phi) is 21.1. The van der Waals surface area contributed by atoms with E-state index in [9.17, 15) is 33.6 Å². The number of unbranched alkanes of at least 4 members (excludes halogenated alkanes) is 1. The van der Waals surface area contributed by atoms with Gasteiger partial charge in [-0.3, -0.25) is 9.59 Å². The largest absolute Gasteiger partial charge is 0.465 e. The number of hydrogen-bond acceptors (Lipinski definition) is 14. The summed E-state index contributed by atoms with van der Waals surface area (Å²) in [4.78, 5) is 84.4. The van der Waals surface area contributed by atoms with E-state index in [0.717, 1.165) is 36.8 Å². The maximum Gasteiger partial charge on any atom is 0.330 e. The summed E-state index contributed by atoms with van der Waals surface area (Å²) in [6, 6.07) is 0. The van der Waals surface area contributed by atoms with Crippen molar-refractivity contribution >= 4 is 41.6 Å². The lowest BCUT2D eigenvalue weighted by atomic mass is 9.90. The predicted molar refractivity (Wildman–Crippen MR) is 166 cm³/mol. The molecule has 0 spiro atoms. The molecule has 0 atom stereocenters. The third-order valence-corrected chi connectivity index (χ3v) is 6.21. The molecule has 0 aliphatic heterocycles. The average molecular weight is 665 g/mol. The van der Waals surface area contributed by atoms with Gasteiger partial charge in [-0.1, -0.05) is 46.2 Å². The van der Waals surface area contributed by atoms with Crippen LogP contribution in [0.3, 0.4) is 0 Å². The number of Topliss-reactive ketones (excluding diaryl/α,β-unsaturated/α-hetero) is 1. The fourth-order valence-corrected chi connectivity index (χ4v) is 3.45. The Balaban J connectivity index is 6.33. The van der Waals surface area contributed by atoms with Crippen LogP contribution in [0.15, 0.2) is 63.3 Å². The third kappa shape index (κ3) is 18.7. The standard InChI is InChI=1S/C33H44O14/c1-7-13-14-25(34)15-16-31(40)47-24-33(22-45-29(38)11-5,23-46-30(39)12-6)18-41-17-32(19-42-26(35)8-2,20-43-27(36)9-3)21-44-28(37)10-4/h8-12H,2-7,13-24H2,1H3. The lowest BCUT2D eigenvalue weighted by Crippen LogP contribution is -2.47. The fourth-order valence-electron chi connectivity index (χ4n) is 3.45. The topological polar surface area (TPSA) is 184 Å². The van der Waals surface area contributed by atoms with E-state index in [4.69, 9.17) is 33.2 Å². The molecule has 0 radical (unpaired) electrons. The van der Waals surface area contributed by atoms with E-state index < -0.39 is 99.5 Å². The van der Waals surface area contributed by atoms with E-state index in [0.29, 0.717) is 12.8 Å². The molecule has 0 N–H and O–H groups in total. The van der Waals surface area contributed by atoms with Crippen LogP contribution in [-0.2, 0) is 66.7 Å². The van der Waals surface area contributed by atoms with Crippen molar-refractivity contribution in [2.24, 2.45) is 10.8 Å². The second kappa shape index (κ2) is 23.5. The molecule has 0 aliphatic rings. The molecule has 14 heteroatoms. The smallest absolute Gasteiger partial charge is 0.330 e. The number of ether oxygens (including phenoxy) is 7. The molecule has 0 bridgehead atoms. The molecule has 0 aliphatic carbocycles. The van der Waals surface area contributed by atoms with Crippen molar-refractivity contribution < 1.29 is 66.7 Å². The van der Waals surface area contributed by atoms with Crippen molar-refractivity contribution in [1.82, 2.24) is 0 Å². The van der Waals surface area contributed by atoms with Crippen LogP contribution >= 0.6 is 0 Å². The van der Waals surface area contributed by atoms with E-state index in [2.05, 4.69) is 32.9 Å². The first-order chi connectivity index (χ1) is 22.3. The second-order valence-corrected chi connectivity index (χ2v) is 10.4. The van der Waals surface area contributed by atoms with Crippen molar-refractivity contribution in [2.45, 2.75) is 39.0 Å². The summed E-state index contributed by atoms with van der Waals surface area (Å²) < 4.78 is 37.3. The lowest BCUT2D eigenvalue weighted by Gasteiger charge is -2.35. The SMILES string of the molecule is C=CC(=O)OCC(COCC(COC(=O)C=C)(COC(=O)C=C)COC(=O)CCC(=O)CCCC)(COC(=O)C=C)COC(=O)C=C. The summed E-state index contributed by atoms with van der Waals surface area (Å²) in [6.45, 7) is 14.6. The Morgan fingerprint density at radius 2 is 0.787 bits per heavy atom. The Morgan fingerprint density at radius 1 is 0.468 bits per heavy atom. The first kappa shape index (κ1) is 42.1. The van der Waals surface area contributed by atoms with E-state index in [1.807, 2.05) is 6.92 Å². The van der Waals surface area contributed by atoms with Crippen LogP contribution in [0.1, 0.15) is 39.0 Å². The molecular formula is C33H44O14. The Hall–Kier alpha value is -4.85. The van der Waals surface area contributed by atoms with Crippen LogP contribution in [0, 0.1) is 10.8 Å². The van der Waals surface area contributed by atoms with Gasteiger partial charge in [0, 0.05) is 43.2 Å². The van der Waals surface area contributed by atoms with Gasteiger partial charge in [0.25, 0.3) is 0 Å². The molecular weight excluding hydrogens is 620 g/mol. The zero-order valence-corrected chi connectivity index (χ0v) is 26.8. The van der Waals surface area contributed by atoms with Crippen molar-refractivity contribution in [1.29, 1.82) is 0 Å². The van der Waals surface area contributed by atoms with Crippen LogP contribution in [-0.4, -0.2) is 94.5 Å². The van der Waals surface area contributed by atoms with Crippen LogP contribution in [0.4, 0.5) is 0 Å². The number of rotatable bonds is 27. The first-order valence-electron chi connectivity index (χ1n) is 14.5. The van der Waals surface area contributed by atoms with Gasteiger partial charge in [0.2, 0.25) is 0 Å². The van der Waals surface area contributed by atoms with Crippen LogP contribution < -0.4 is 0 Å². The number of ketones is 1. The highest BCUT2D eigenvalue weighted by Crippen LogP contribution is 2.26. The van der Waals surface area contributed by atoms with Crippen molar-refractivity contribution in [3.8, 4) is 0 Å². The Morgan fingerprint density at radius 3 is 1.09 bits per heavy atom. The molecule has 47 heavy (non-hydrogen) atoms. The van der Waals surface area contributed by atoms with E-state index in [1.165, 1.54) is 0 Å². The molecule has 0 saturated carbocycles. The van der Waals surface area contributed by atoms with Crippen LogP contribution in [0.2, 0.25) is 0 Å². The molecule has 0 saturated heterocycles. The minimum Gasteiger partial charge on any atom is -0.465 e. The van der Waals surface area contributed by atoms with Crippen molar-refractivity contribution in [3.05, 3.63) is 63.3 Å². The van der Waals surface area contributed by atoms with E-state index in [-0.39, 0.29) is 18.6 Å². The second-order valence-electron chi connectivity index (χ2n) is 10.4. The average Bonchev–Trinajstić information content (AvgIpc) is 3.09. The highest BCUT2D eigenvalue weighted by atomic mass is 16.6. The van der Waals surface area contributed by atoms with Crippen LogP contribution in [0.5, 0.6) is 0 Å². The lowest BCUT2D eigenvalue weighted by molar-refractivity contribution is -0.171. The van der Waals surface area contributed by atoms with E-state index >= 15 is 0 Å². The Bertz CT molecular complexity index is 1070. The molecule has 0 rings (SSSR count). The van der Waals surface area contributed by atoms with Gasteiger partial charge in [-0.2, -0.15) is 0 Å². The van der Waals surface area contributed by atoms with Gasteiger partial charge in [-0.25, -0.2) is 24.0 Å². The Labute approximate surface area is 274 Å². The quantitative estimate of drug-likeness (QED) is 0.0709. The summed E-state index contributed by atoms with van der Waals surface area (Å²) in [5, 5.41) is 0. The summed E-state index contributed by atoms with van der Waals surface area (Å²) in [6.07, 6.45) is 5.98. The molecule has 0 heterocycles. The number of carbonyl (C=O) groups excluding carboxylic acids is 7. The van der Waals surface area contributed by atoms with Gasteiger partial charge in [0.1, 0.15) is 45.4 Å². The van der Waals surface area contributed by atoms with Gasteiger partial charge < -0.3 is 33.2 Å². The highest BCUT2D eigenvalue weighted by molar-refractivity contribution is 5.84. The monoisotopic (exact) mass is 664 g/mol. The van der Waals surface area contributed by atoms with Gasteiger partial charge in [0.15, 0.2) is 0 Å². The summed E-state index contributed by atoms with van der Waals surface area (Å²) in [5.41, 5.74) is -3.06. The molecule has 14 nitrogen and oxygen atoms in total. The van der Waals surface area contributed by atoms with Crippen molar-refractivity contribution in [2.75, 3.05) is 52.9 Å². The number of hydrogen-bond donors (Lipinski definition) is 0.